The lowest BCUT2D eigenvalue weighted by Crippen LogP contribution is -2.36. The number of hydrogen-bond acceptors (Lipinski definition) is 9. The lowest BCUT2D eigenvalue weighted by molar-refractivity contribution is -0.114. The Morgan fingerprint density at radius 1 is 1.13 bits per heavy atom. The molecule has 0 aliphatic heterocycles. The maximum Gasteiger partial charge on any atom is 0.418 e. The summed E-state index contributed by atoms with van der Waals surface area (Å²) >= 11 is 12.8. The molecule has 11 nitrogen and oxygen atoms in total. The van der Waals surface area contributed by atoms with Crippen molar-refractivity contribution in [3.05, 3.63) is 52.1 Å². The summed E-state index contributed by atoms with van der Waals surface area (Å²) in [6.07, 6.45) is 0.184. The normalized spacial score (nSPS) is 11.5. The van der Waals surface area contributed by atoms with Crippen LogP contribution in [0, 0.1) is 18.3 Å². The van der Waals surface area contributed by atoms with E-state index in [2.05, 4.69) is 15.3 Å². The number of aromatic nitrogens is 1. The number of halogens is 2. The fraction of sp³-hybridized carbons (Fsp3) is 0.269. The highest BCUT2D eigenvalue weighted by atomic mass is 35.5. The second kappa shape index (κ2) is 12.1. The number of fused-ring (bicyclic) bond motifs is 1. The van der Waals surface area contributed by atoms with E-state index in [1.165, 1.54) is 16.7 Å². The molecular weight excluding hydrogens is 549 g/mol. The first-order valence-electron chi connectivity index (χ1n) is 11.6. The van der Waals surface area contributed by atoms with Crippen molar-refractivity contribution in [3.8, 4) is 17.6 Å². The number of carbonyl (C=O) groups is 3. The van der Waals surface area contributed by atoms with Gasteiger partial charge in [0.25, 0.3) is 5.91 Å². The van der Waals surface area contributed by atoms with Crippen LogP contribution in [0.5, 0.6) is 11.5 Å². The number of amides is 2. The number of ether oxygens (including phenoxy) is 3. The minimum atomic E-state index is -1.05. The molecule has 2 aromatic carbocycles. The Labute approximate surface area is 234 Å². The van der Waals surface area contributed by atoms with Crippen molar-refractivity contribution < 1.29 is 28.6 Å². The number of rotatable bonds is 6. The molecule has 0 saturated heterocycles. The predicted octanol–water partition coefficient (Wildman–Crippen LogP) is 6.40. The van der Waals surface area contributed by atoms with Gasteiger partial charge in [-0.05, 0) is 70.5 Å². The fourth-order valence-corrected chi connectivity index (χ4v) is 3.87. The second-order valence-corrected chi connectivity index (χ2v) is 9.89. The number of hydrazone groups is 1. The highest BCUT2D eigenvalue weighted by Gasteiger charge is 2.21. The van der Waals surface area contributed by atoms with Gasteiger partial charge in [-0.1, -0.05) is 23.2 Å². The number of carbonyl (C=O) groups excluding carboxylic acids is 3. The summed E-state index contributed by atoms with van der Waals surface area (Å²) < 4.78 is 17.4. The highest BCUT2D eigenvalue weighted by molar-refractivity contribution is 6.47. The largest absolute Gasteiger partial charge is 0.454 e. The van der Waals surface area contributed by atoms with Crippen LogP contribution in [0.1, 0.15) is 33.3 Å². The van der Waals surface area contributed by atoms with E-state index in [9.17, 15) is 19.6 Å². The van der Waals surface area contributed by atoms with Crippen molar-refractivity contribution in [1.82, 2.24) is 9.88 Å². The first kappa shape index (κ1) is 29.3. The Morgan fingerprint density at radius 2 is 1.79 bits per heavy atom. The number of nitrogens with one attached hydrogen (secondary N) is 2. The van der Waals surface area contributed by atoms with E-state index in [4.69, 9.17) is 32.7 Å². The van der Waals surface area contributed by atoms with Gasteiger partial charge in [0.2, 0.25) is 5.71 Å². The van der Waals surface area contributed by atoms with Crippen molar-refractivity contribution in [2.24, 2.45) is 5.10 Å². The first-order valence-corrected chi connectivity index (χ1v) is 12.3. The molecule has 3 rings (SSSR count). The highest BCUT2D eigenvalue weighted by Crippen LogP contribution is 2.40. The minimum Gasteiger partial charge on any atom is -0.454 e. The van der Waals surface area contributed by atoms with E-state index >= 15 is 0 Å². The van der Waals surface area contributed by atoms with Gasteiger partial charge in [0.15, 0.2) is 5.75 Å². The van der Waals surface area contributed by atoms with Crippen LogP contribution in [-0.2, 0) is 14.3 Å². The zero-order valence-electron chi connectivity index (χ0n) is 21.7. The molecular formula is C26H25Cl2N5O6. The van der Waals surface area contributed by atoms with Gasteiger partial charge in [0.1, 0.15) is 17.4 Å². The van der Waals surface area contributed by atoms with Gasteiger partial charge in [0, 0.05) is 11.6 Å². The Kier molecular flexibility index (Phi) is 9.06. The van der Waals surface area contributed by atoms with Gasteiger partial charge < -0.3 is 14.2 Å². The lowest BCUT2D eigenvalue weighted by atomic mass is 10.2. The van der Waals surface area contributed by atoms with Crippen molar-refractivity contribution >= 4 is 63.6 Å². The molecule has 3 aromatic rings. The van der Waals surface area contributed by atoms with E-state index in [1.807, 2.05) is 12.2 Å². The molecule has 0 unspecified atom stereocenters. The van der Waals surface area contributed by atoms with Crippen LogP contribution in [0.15, 0.2) is 41.6 Å². The zero-order chi connectivity index (χ0) is 28.9. The maximum atomic E-state index is 12.6. The van der Waals surface area contributed by atoms with E-state index in [0.717, 1.165) is 10.9 Å². The monoisotopic (exact) mass is 573 g/mol. The number of hydrogen-bond donors (Lipinski definition) is 2. The smallest absolute Gasteiger partial charge is 0.418 e. The molecule has 0 spiro atoms. The number of aryl methyl sites for hydroxylation is 1. The van der Waals surface area contributed by atoms with Crippen molar-refractivity contribution in [2.75, 3.05) is 12.0 Å². The topological polar surface area (TPSA) is 144 Å². The predicted molar refractivity (Wildman–Crippen MR) is 147 cm³/mol. The van der Waals surface area contributed by atoms with Gasteiger partial charge in [-0.2, -0.15) is 10.4 Å². The summed E-state index contributed by atoms with van der Waals surface area (Å²) in [5.74, 6) is -0.485. The van der Waals surface area contributed by atoms with Gasteiger partial charge in [-0.3, -0.25) is 20.1 Å². The Morgan fingerprint density at radius 3 is 2.38 bits per heavy atom. The molecule has 39 heavy (non-hydrogen) atoms. The number of benzene rings is 2. The van der Waals surface area contributed by atoms with Crippen LogP contribution >= 0.6 is 23.2 Å². The Bertz CT molecular complexity index is 1490. The van der Waals surface area contributed by atoms with Crippen LogP contribution in [0.3, 0.4) is 0 Å². The van der Waals surface area contributed by atoms with Crippen LogP contribution in [0.25, 0.3) is 10.9 Å². The van der Waals surface area contributed by atoms with Crippen molar-refractivity contribution in [2.45, 2.75) is 40.2 Å². The summed E-state index contributed by atoms with van der Waals surface area (Å²) in [6, 6.07) is 9.55. The third kappa shape index (κ3) is 7.40. The van der Waals surface area contributed by atoms with Crippen LogP contribution < -0.4 is 15.5 Å². The fourth-order valence-electron chi connectivity index (χ4n) is 3.31. The quantitative estimate of drug-likeness (QED) is 0.254. The minimum absolute atomic E-state index is 0.0497. The average Bonchev–Trinajstić information content (AvgIpc) is 3.17. The Balaban J connectivity index is 1.80. The van der Waals surface area contributed by atoms with Gasteiger partial charge >= 0.3 is 12.2 Å². The third-order valence-electron chi connectivity index (χ3n) is 4.89. The average molecular weight is 574 g/mol. The van der Waals surface area contributed by atoms with E-state index in [-0.39, 0.29) is 28.1 Å². The number of alkyl carbamates (subject to hydrolysis) is 1. The molecule has 2 amide bonds. The molecule has 0 radical (unpaired) electrons. The molecule has 0 bridgehead atoms. The maximum absolute atomic E-state index is 12.6. The molecule has 0 atom stereocenters. The molecule has 13 heteroatoms. The van der Waals surface area contributed by atoms with Crippen molar-refractivity contribution in [1.29, 1.82) is 5.26 Å². The number of nitrogens with zero attached hydrogens (tertiary/aromatic N) is 3. The summed E-state index contributed by atoms with van der Waals surface area (Å²) in [5, 5.41) is 15.7. The van der Waals surface area contributed by atoms with Gasteiger partial charge in [-0.25, -0.2) is 9.59 Å². The standard InChI is InChI=1S/C26H25Cl2N5O6/c1-6-37-24(35)30-23(34)20(12-29)32-31-15-9-18(27)22(19(28)10-15)38-16-7-8-21-17(11-16)14(2)13-33(21)25(36)39-26(3,4)5/h7-11,13,31H,6H2,1-5H3,(H,30,34,35)/b32-20-. The van der Waals surface area contributed by atoms with Gasteiger partial charge in [0.05, 0.1) is 27.9 Å². The van der Waals surface area contributed by atoms with E-state index in [0.29, 0.717) is 11.3 Å². The first-order chi connectivity index (χ1) is 18.3. The van der Waals surface area contributed by atoms with Crippen LogP contribution in [0.4, 0.5) is 15.3 Å². The molecule has 0 aliphatic rings. The summed E-state index contributed by atoms with van der Waals surface area (Å²) in [5.41, 5.74) is 2.94. The molecule has 0 aliphatic carbocycles. The summed E-state index contributed by atoms with van der Waals surface area (Å²) in [4.78, 5) is 36.0. The van der Waals surface area contributed by atoms with E-state index in [1.54, 1.807) is 58.2 Å². The lowest BCUT2D eigenvalue weighted by Gasteiger charge is -2.19. The molecule has 2 N–H and O–H groups in total. The SMILES string of the molecule is CCOC(=O)NC(=O)/C(C#N)=N\Nc1cc(Cl)c(Oc2ccc3c(c2)c(C)cn3C(=O)OC(C)(C)C)c(Cl)c1. The number of nitriles is 1. The number of anilines is 1. The zero-order valence-corrected chi connectivity index (χ0v) is 23.2. The second-order valence-electron chi connectivity index (χ2n) is 9.07. The molecule has 1 heterocycles. The van der Waals surface area contributed by atoms with Gasteiger partial charge in [-0.15, -0.1) is 0 Å². The number of imide groups is 1. The van der Waals surface area contributed by atoms with Crippen LogP contribution in [-0.4, -0.2) is 40.6 Å². The molecule has 0 saturated carbocycles. The molecule has 204 valence electrons. The Hall–Kier alpha value is -4.27. The molecule has 0 fully saturated rings. The van der Waals surface area contributed by atoms with Crippen LogP contribution in [0.2, 0.25) is 10.0 Å². The van der Waals surface area contributed by atoms with E-state index < -0.39 is 29.4 Å². The van der Waals surface area contributed by atoms with Crippen molar-refractivity contribution in [3.63, 3.8) is 0 Å². The third-order valence-corrected chi connectivity index (χ3v) is 5.45. The summed E-state index contributed by atoms with van der Waals surface area (Å²) in [7, 11) is 0. The molecule has 1 aromatic heterocycles. The summed E-state index contributed by atoms with van der Waals surface area (Å²) in [6.45, 7) is 8.85.